The molecular weight excluding hydrogens is 302 g/mol. The molecule has 20 heavy (non-hydrogen) atoms. The van der Waals surface area contributed by atoms with Gasteiger partial charge in [-0.3, -0.25) is 0 Å². The molecule has 1 aromatic rings. The van der Waals surface area contributed by atoms with Crippen LogP contribution in [0.25, 0.3) is 0 Å². The van der Waals surface area contributed by atoms with Gasteiger partial charge in [-0.25, -0.2) is 13.2 Å². The molecule has 1 aliphatic rings. The van der Waals surface area contributed by atoms with E-state index in [0.29, 0.717) is 29.1 Å². The number of halogens is 1. The Hall–Kier alpha value is -1.27. The molecule has 0 bridgehead atoms. The topological polar surface area (TPSA) is 72.5 Å². The zero-order valence-corrected chi connectivity index (χ0v) is 12.6. The standard InChI is InChI=1S/C13H16ClNO4S/c1-19-13(16)9-2-3-11(14)12(8-9)15-10-4-6-20(17,18)7-5-10/h2-3,8,10,15H,4-7H2,1H3. The van der Waals surface area contributed by atoms with Crippen molar-refractivity contribution in [2.24, 2.45) is 0 Å². The normalized spacial score (nSPS) is 18.5. The Morgan fingerprint density at radius 2 is 2.00 bits per heavy atom. The lowest BCUT2D eigenvalue weighted by Crippen LogP contribution is -2.32. The Kier molecular flexibility index (Phi) is 4.55. The van der Waals surface area contributed by atoms with E-state index in [1.54, 1.807) is 18.2 Å². The summed E-state index contributed by atoms with van der Waals surface area (Å²) in [5.41, 5.74) is 1.03. The average molecular weight is 318 g/mol. The van der Waals surface area contributed by atoms with Crippen molar-refractivity contribution in [3.8, 4) is 0 Å². The fourth-order valence-corrected chi connectivity index (χ4v) is 3.80. The van der Waals surface area contributed by atoms with E-state index >= 15 is 0 Å². The maximum Gasteiger partial charge on any atom is 0.337 e. The van der Waals surface area contributed by atoms with Gasteiger partial charge < -0.3 is 10.1 Å². The first kappa shape index (κ1) is 15.1. The van der Waals surface area contributed by atoms with Gasteiger partial charge in [-0.15, -0.1) is 0 Å². The van der Waals surface area contributed by atoms with Gasteiger partial charge >= 0.3 is 5.97 Å². The number of esters is 1. The second kappa shape index (κ2) is 6.01. The van der Waals surface area contributed by atoms with Gasteiger partial charge in [0.25, 0.3) is 0 Å². The molecule has 110 valence electrons. The molecule has 1 aromatic carbocycles. The van der Waals surface area contributed by atoms with Crippen molar-refractivity contribution in [2.75, 3.05) is 23.9 Å². The SMILES string of the molecule is COC(=O)c1ccc(Cl)c(NC2CCS(=O)(=O)CC2)c1. The summed E-state index contributed by atoms with van der Waals surface area (Å²) in [5, 5.41) is 3.69. The third-order valence-corrected chi connectivity index (χ3v) is 5.35. The van der Waals surface area contributed by atoms with E-state index in [-0.39, 0.29) is 17.5 Å². The number of methoxy groups -OCH3 is 1. The van der Waals surface area contributed by atoms with Crippen LogP contribution in [0.2, 0.25) is 5.02 Å². The summed E-state index contributed by atoms with van der Waals surface area (Å²) in [6, 6.07) is 4.88. The number of rotatable bonds is 3. The van der Waals surface area contributed by atoms with Crippen LogP contribution in [0.4, 0.5) is 5.69 Å². The molecule has 7 heteroatoms. The highest BCUT2D eigenvalue weighted by Crippen LogP contribution is 2.26. The molecule has 0 atom stereocenters. The minimum absolute atomic E-state index is 0.0453. The molecule has 0 spiro atoms. The fourth-order valence-electron chi connectivity index (χ4n) is 2.13. The maximum absolute atomic E-state index is 11.5. The highest BCUT2D eigenvalue weighted by Gasteiger charge is 2.24. The van der Waals surface area contributed by atoms with E-state index in [4.69, 9.17) is 11.6 Å². The largest absolute Gasteiger partial charge is 0.465 e. The van der Waals surface area contributed by atoms with Crippen LogP contribution < -0.4 is 5.32 Å². The molecule has 2 rings (SSSR count). The van der Waals surface area contributed by atoms with Crippen LogP contribution in [-0.2, 0) is 14.6 Å². The number of carbonyl (C=O) groups excluding carboxylic acids is 1. The molecule has 1 heterocycles. The fraction of sp³-hybridized carbons (Fsp3) is 0.462. The second-order valence-electron chi connectivity index (χ2n) is 4.76. The van der Waals surface area contributed by atoms with E-state index in [2.05, 4.69) is 10.1 Å². The molecule has 1 fully saturated rings. The third kappa shape index (κ3) is 3.64. The monoisotopic (exact) mass is 317 g/mol. The van der Waals surface area contributed by atoms with Crippen LogP contribution in [0.5, 0.6) is 0 Å². The molecule has 1 saturated heterocycles. The summed E-state index contributed by atoms with van der Waals surface area (Å²) in [5.74, 6) is -0.0752. The first-order valence-corrected chi connectivity index (χ1v) is 8.46. The Bertz CT molecular complexity index is 601. The predicted octanol–water partition coefficient (Wildman–Crippen LogP) is 2.12. The number of hydrogen-bond donors (Lipinski definition) is 1. The summed E-state index contributed by atoms with van der Waals surface area (Å²) in [6.07, 6.45) is 1.09. The number of carbonyl (C=O) groups is 1. The van der Waals surface area contributed by atoms with Crippen molar-refractivity contribution >= 4 is 33.1 Å². The summed E-state index contributed by atoms with van der Waals surface area (Å²) in [7, 11) is -1.58. The Balaban J connectivity index is 2.11. The van der Waals surface area contributed by atoms with Crippen molar-refractivity contribution < 1.29 is 17.9 Å². The molecular formula is C13H16ClNO4S. The number of anilines is 1. The van der Waals surface area contributed by atoms with Crippen LogP contribution in [0.3, 0.4) is 0 Å². The number of sulfone groups is 1. The lowest BCUT2D eigenvalue weighted by atomic mass is 10.1. The van der Waals surface area contributed by atoms with Gasteiger partial charge in [0.15, 0.2) is 0 Å². The lowest BCUT2D eigenvalue weighted by molar-refractivity contribution is 0.0601. The van der Waals surface area contributed by atoms with Crippen LogP contribution in [-0.4, -0.2) is 39.0 Å². The highest BCUT2D eigenvalue weighted by molar-refractivity contribution is 7.91. The zero-order chi connectivity index (χ0) is 14.8. The van der Waals surface area contributed by atoms with Gasteiger partial charge in [0.1, 0.15) is 9.84 Å². The average Bonchev–Trinajstić information content (AvgIpc) is 2.42. The molecule has 0 aliphatic carbocycles. The molecule has 1 N–H and O–H groups in total. The van der Waals surface area contributed by atoms with E-state index in [1.807, 2.05) is 0 Å². The van der Waals surface area contributed by atoms with Crippen LogP contribution >= 0.6 is 11.6 Å². The van der Waals surface area contributed by atoms with Gasteiger partial charge in [-0.2, -0.15) is 0 Å². The Morgan fingerprint density at radius 3 is 2.60 bits per heavy atom. The van der Waals surface area contributed by atoms with Crippen molar-refractivity contribution in [1.29, 1.82) is 0 Å². The number of benzene rings is 1. The van der Waals surface area contributed by atoms with Crippen LogP contribution in [0, 0.1) is 0 Å². The molecule has 0 amide bonds. The Labute approximate surface area is 123 Å². The third-order valence-electron chi connectivity index (χ3n) is 3.30. The van der Waals surface area contributed by atoms with Crippen LogP contribution in [0.15, 0.2) is 18.2 Å². The van der Waals surface area contributed by atoms with Gasteiger partial charge in [0.05, 0.1) is 34.9 Å². The van der Waals surface area contributed by atoms with Gasteiger partial charge in [0, 0.05) is 6.04 Å². The molecule has 0 aromatic heterocycles. The minimum Gasteiger partial charge on any atom is -0.465 e. The molecule has 0 unspecified atom stereocenters. The number of ether oxygens (including phenoxy) is 1. The van der Waals surface area contributed by atoms with E-state index < -0.39 is 15.8 Å². The van der Waals surface area contributed by atoms with Gasteiger partial charge in [-0.05, 0) is 31.0 Å². The summed E-state index contributed by atoms with van der Waals surface area (Å²) < 4.78 is 27.4. The highest BCUT2D eigenvalue weighted by atomic mass is 35.5. The predicted molar refractivity (Wildman–Crippen MR) is 78.1 cm³/mol. The first-order chi connectivity index (χ1) is 9.41. The van der Waals surface area contributed by atoms with Gasteiger partial charge in [0.2, 0.25) is 0 Å². The van der Waals surface area contributed by atoms with Crippen molar-refractivity contribution in [1.82, 2.24) is 0 Å². The van der Waals surface area contributed by atoms with Gasteiger partial charge in [-0.1, -0.05) is 11.6 Å². The van der Waals surface area contributed by atoms with Crippen molar-refractivity contribution in [2.45, 2.75) is 18.9 Å². The quantitative estimate of drug-likeness (QED) is 0.864. The smallest absolute Gasteiger partial charge is 0.337 e. The summed E-state index contributed by atoms with van der Waals surface area (Å²) in [4.78, 5) is 11.5. The van der Waals surface area contributed by atoms with Crippen molar-refractivity contribution in [3.63, 3.8) is 0 Å². The Morgan fingerprint density at radius 1 is 1.35 bits per heavy atom. The van der Waals surface area contributed by atoms with E-state index in [0.717, 1.165) is 0 Å². The molecule has 1 aliphatic heterocycles. The second-order valence-corrected chi connectivity index (χ2v) is 7.47. The molecule has 5 nitrogen and oxygen atoms in total. The number of nitrogens with one attached hydrogen (secondary N) is 1. The van der Waals surface area contributed by atoms with Crippen LogP contribution in [0.1, 0.15) is 23.2 Å². The maximum atomic E-state index is 11.5. The zero-order valence-electron chi connectivity index (χ0n) is 11.1. The lowest BCUT2D eigenvalue weighted by Gasteiger charge is -2.24. The first-order valence-electron chi connectivity index (χ1n) is 6.26. The number of hydrogen-bond acceptors (Lipinski definition) is 5. The van der Waals surface area contributed by atoms with E-state index in [9.17, 15) is 13.2 Å². The molecule has 0 saturated carbocycles. The minimum atomic E-state index is -2.89. The van der Waals surface area contributed by atoms with E-state index in [1.165, 1.54) is 7.11 Å². The summed E-state index contributed by atoms with van der Waals surface area (Å²) >= 11 is 6.09. The summed E-state index contributed by atoms with van der Waals surface area (Å²) in [6.45, 7) is 0. The van der Waals surface area contributed by atoms with Crippen molar-refractivity contribution in [3.05, 3.63) is 28.8 Å². The molecule has 0 radical (unpaired) electrons.